The second kappa shape index (κ2) is 9.03. The van der Waals surface area contributed by atoms with E-state index in [-0.39, 0.29) is 0 Å². The quantitative estimate of drug-likeness (QED) is 0.766. The van der Waals surface area contributed by atoms with Crippen molar-refractivity contribution in [3.63, 3.8) is 0 Å². The van der Waals surface area contributed by atoms with E-state index in [1.165, 1.54) is 38.6 Å². The predicted molar refractivity (Wildman–Crippen MR) is 117 cm³/mol. The van der Waals surface area contributed by atoms with E-state index in [1.807, 2.05) is 12.1 Å². The summed E-state index contributed by atoms with van der Waals surface area (Å²) in [7, 11) is 3.23. The number of nitrogen functional groups attached to an aromatic ring is 1. The molecule has 4 rings (SSSR count). The average Bonchev–Trinajstić information content (AvgIpc) is 2.75. The largest absolute Gasteiger partial charge is 0.493 e. The fraction of sp³-hybridized carbons (Fsp3) is 0.636. The first-order valence-corrected chi connectivity index (χ1v) is 10.8. The molecule has 1 saturated heterocycles. The van der Waals surface area contributed by atoms with E-state index in [9.17, 15) is 0 Å². The molecule has 0 amide bonds. The molecule has 2 heterocycles. The Kier molecular flexibility index (Phi) is 6.23. The van der Waals surface area contributed by atoms with Gasteiger partial charge in [0.05, 0.1) is 19.7 Å². The number of nitrogens with zero attached hydrogens (tertiary/aromatic N) is 3. The number of fused-ring (bicyclic) bond motifs is 1. The number of anilines is 2. The lowest BCUT2D eigenvalue weighted by molar-refractivity contribution is 0.168. The monoisotopic (exact) mass is 399 g/mol. The molecule has 0 bridgehead atoms. The van der Waals surface area contributed by atoms with Gasteiger partial charge in [-0.3, -0.25) is 0 Å². The molecule has 1 aromatic heterocycles. The molecule has 7 heteroatoms. The van der Waals surface area contributed by atoms with Gasteiger partial charge in [0.1, 0.15) is 5.82 Å². The summed E-state index contributed by atoms with van der Waals surface area (Å²) < 4.78 is 10.8. The van der Waals surface area contributed by atoms with Crippen molar-refractivity contribution in [1.29, 1.82) is 0 Å². The van der Waals surface area contributed by atoms with Crippen molar-refractivity contribution >= 4 is 22.7 Å². The fourth-order valence-electron chi connectivity index (χ4n) is 4.72. The van der Waals surface area contributed by atoms with Crippen molar-refractivity contribution in [3.8, 4) is 11.5 Å². The minimum Gasteiger partial charge on any atom is -0.493 e. The van der Waals surface area contributed by atoms with Crippen LogP contribution in [-0.2, 0) is 0 Å². The van der Waals surface area contributed by atoms with Crippen LogP contribution < -0.4 is 20.5 Å². The summed E-state index contributed by atoms with van der Waals surface area (Å²) in [6.45, 7) is 3.55. The predicted octanol–water partition coefficient (Wildman–Crippen LogP) is 3.69. The summed E-state index contributed by atoms with van der Waals surface area (Å²) in [6.07, 6.45) is 9.31. The standard InChI is InChI=1S/C22H33N5O2/c1-28-19-12-17-18(13-20(19)29-2)25-22(26-21(17)23)24-16-8-10-27(11-9-16)14-15-6-4-3-5-7-15/h12-13,15-16H,3-11,14H2,1-2H3,(H3,23,24,25,26). The lowest BCUT2D eigenvalue weighted by Gasteiger charge is -2.35. The summed E-state index contributed by atoms with van der Waals surface area (Å²) in [6, 6.07) is 4.07. The Hall–Kier alpha value is -2.28. The molecule has 2 aliphatic rings. The van der Waals surface area contributed by atoms with Crippen LogP contribution in [0.15, 0.2) is 12.1 Å². The molecule has 0 radical (unpaired) electrons. The van der Waals surface area contributed by atoms with E-state index in [0.717, 1.165) is 42.8 Å². The first-order valence-electron chi connectivity index (χ1n) is 10.8. The maximum absolute atomic E-state index is 6.21. The summed E-state index contributed by atoms with van der Waals surface area (Å²) in [5.74, 6) is 3.21. The molecule has 1 aliphatic carbocycles. The number of piperidine rings is 1. The molecule has 29 heavy (non-hydrogen) atoms. The van der Waals surface area contributed by atoms with Crippen LogP contribution in [0.2, 0.25) is 0 Å². The number of aromatic nitrogens is 2. The van der Waals surface area contributed by atoms with Crippen LogP contribution in [0.5, 0.6) is 11.5 Å². The topological polar surface area (TPSA) is 85.5 Å². The molecule has 0 unspecified atom stereocenters. The SMILES string of the molecule is COc1cc2nc(NC3CCN(CC4CCCCC4)CC3)nc(N)c2cc1OC. The van der Waals surface area contributed by atoms with Gasteiger partial charge in [-0.25, -0.2) is 4.98 Å². The molecule has 1 aromatic carbocycles. The Morgan fingerprint density at radius 3 is 2.38 bits per heavy atom. The van der Waals surface area contributed by atoms with Gasteiger partial charge in [0, 0.05) is 37.1 Å². The number of ether oxygens (including phenoxy) is 2. The van der Waals surface area contributed by atoms with Crippen LogP contribution >= 0.6 is 0 Å². The summed E-state index contributed by atoms with van der Waals surface area (Å²) in [5, 5.41) is 4.28. The Balaban J connectivity index is 1.39. The van der Waals surface area contributed by atoms with Crippen molar-refractivity contribution in [3.05, 3.63) is 12.1 Å². The van der Waals surface area contributed by atoms with E-state index in [4.69, 9.17) is 15.2 Å². The van der Waals surface area contributed by atoms with Gasteiger partial charge in [0.15, 0.2) is 11.5 Å². The second-order valence-corrected chi connectivity index (χ2v) is 8.38. The summed E-state index contributed by atoms with van der Waals surface area (Å²) in [4.78, 5) is 11.8. The third-order valence-electron chi connectivity index (χ3n) is 6.39. The van der Waals surface area contributed by atoms with Crippen LogP contribution in [0.3, 0.4) is 0 Å². The lowest BCUT2D eigenvalue weighted by atomic mass is 9.88. The van der Waals surface area contributed by atoms with Crippen molar-refractivity contribution in [1.82, 2.24) is 14.9 Å². The number of methoxy groups -OCH3 is 2. The number of nitrogens with two attached hydrogens (primary N) is 1. The minimum absolute atomic E-state index is 0.384. The summed E-state index contributed by atoms with van der Waals surface area (Å²) >= 11 is 0. The Morgan fingerprint density at radius 2 is 1.69 bits per heavy atom. The highest BCUT2D eigenvalue weighted by molar-refractivity contribution is 5.91. The highest BCUT2D eigenvalue weighted by Gasteiger charge is 2.23. The van der Waals surface area contributed by atoms with E-state index in [2.05, 4.69) is 20.2 Å². The Bertz CT molecular complexity index is 830. The lowest BCUT2D eigenvalue weighted by Crippen LogP contribution is -2.41. The second-order valence-electron chi connectivity index (χ2n) is 8.38. The molecular weight excluding hydrogens is 366 g/mol. The molecule has 1 aliphatic heterocycles. The highest BCUT2D eigenvalue weighted by atomic mass is 16.5. The van der Waals surface area contributed by atoms with Crippen molar-refractivity contribution in [2.24, 2.45) is 5.92 Å². The first-order chi connectivity index (χ1) is 14.2. The normalized spacial score (nSPS) is 19.4. The number of benzene rings is 1. The highest BCUT2D eigenvalue weighted by Crippen LogP contribution is 2.34. The van der Waals surface area contributed by atoms with Gasteiger partial charge in [0.25, 0.3) is 0 Å². The molecule has 0 spiro atoms. The molecular formula is C22H33N5O2. The van der Waals surface area contributed by atoms with Crippen molar-refractivity contribution < 1.29 is 9.47 Å². The van der Waals surface area contributed by atoms with Gasteiger partial charge in [-0.05, 0) is 37.7 Å². The van der Waals surface area contributed by atoms with Gasteiger partial charge < -0.3 is 25.4 Å². The van der Waals surface area contributed by atoms with Gasteiger partial charge in [-0.15, -0.1) is 0 Å². The van der Waals surface area contributed by atoms with Crippen LogP contribution in [0.1, 0.15) is 44.9 Å². The molecule has 158 valence electrons. The Labute approximate surface area is 173 Å². The van der Waals surface area contributed by atoms with Crippen LogP contribution in [0.4, 0.5) is 11.8 Å². The molecule has 1 saturated carbocycles. The molecule has 7 nitrogen and oxygen atoms in total. The number of hydrogen-bond donors (Lipinski definition) is 2. The third kappa shape index (κ3) is 4.66. The fourth-order valence-corrected chi connectivity index (χ4v) is 4.72. The van der Waals surface area contributed by atoms with Gasteiger partial charge in [-0.2, -0.15) is 4.98 Å². The zero-order valence-corrected chi connectivity index (χ0v) is 17.6. The van der Waals surface area contributed by atoms with E-state index >= 15 is 0 Å². The van der Waals surface area contributed by atoms with Crippen molar-refractivity contribution in [2.45, 2.75) is 51.0 Å². The van der Waals surface area contributed by atoms with Crippen LogP contribution in [0, 0.1) is 5.92 Å². The number of hydrogen-bond acceptors (Lipinski definition) is 7. The van der Waals surface area contributed by atoms with E-state index in [0.29, 0.717) is 29.3 Å². The number of likely N-dealkylation sites (tertiary alicyclic amines) is 1. The number of rotatable bonds is 6. The first kappa shape index (κ1) is 20.0. The minimum atomic E-state index is 0.384. The van der Waals surface area contributed by atoms with Crippen molar-refractivity contribution in [2.75, 3.05) is 44.9 Å². The molecule has 3 N–H and O–H groups in total. The van der Waals surface area contributed by atoms with Crippen LogP contribution in [-0.4, -0.2) is 54.8 Å². The maximum Gasteiger partial charge on any atom is 0.225 e. The zero-order valence-electron chi connectivity index (χ0n) is 17.6. The zero-order chi connectivity index (χ0) is 20.2. The maximum atomic E-state index is 6.21. The average molecular weight is 400 g/mol. The van der Waals surface area contributed by atoms with Gasteiger partial charge in [-0.1, -0.05) is 19.3 Å². The molecule has 2 fully saturated rings. The van der Waals surface area contributed by atoms with Gasteiger partial charge in [0.2, 0.25) is 5.95 Å². The smallest absolute Gasteiger partial charge is 0.225 e. The number of nitrogens with one attached hydrogen (secondary N) is 1. The van der Waals surface area contributed by atoms with E-state index in [1.54, 1.807) is 14.2 Å². The Morgan fingerprint density at radius 1 is 1.00 bits per heavy atom. The van der Waals surface area contributed by atoms with Crippen LogP contribution in [0.25, 0.3) is 10.9 Å². The van der Waals surface area contributed by atoms with E-state index < -0.39 is 0 Å². The summed E-state index contributed by atoms with van der Waals surface area (Å²) in [5.41, 5.74) is 6.96. The van der Waals surface area contributed by atoms with Gasteiger partial charge >= 0.3 is 0 Å². The molecule has 2 aromatic rings. The molecule has 0 atom stereocenters. The third-order valence-corrected chi connectivity index (χ3v) is 6.39.